The largest absolute Gasteiger partial charge is 0.486 e. The topological polar surface area (TPSA) is 30.5 Å². The van der Waals surface area contributed by atoms with Crippen LogP contribution >= 0.6 is 15.9 Å². The van der Waals surface area contributed by atoms with Gasteiger partial charge in [-0.25, -0.2) is 0 Å². The lowest BCUT2D eigenvalue weighted by Gasteiger charge is -2.21. The quantitative estimate of drug-likeness (QED) is 0.864. The number of halogens is 1. The van der Waals surface area contributed by atoms with E-state index in [1.54, 1.807) is 0 Å². The van der Waals surface area contributed by atoms with Crippen molar-refractivity contribution in [2.75, 3.05) is 19.8 Å². The van der Waals surface area contributed by atoms with Crippen molar-refractivity contribution >= 4 is 15.9 Å². The molecule has 92 valence electrons. The summed E-state index contributed by atoms with van der Waals surface area (Å²) in [5, 5.41) is 3.48. The zero-order chi connectivity index (χ0) is 11.8. The number of hydrogen-bond donors (Lipinski definition) is 1. The first-order valence-electron chi connectivity index (χ1n) is 6.06. The molecule has 17 heavy (non-hydrogen) atoms. The van der Waals surface area contributed by atoms with Crippen LogP contribution in [0.1, 0.15) is 24.8 Å². The third-order valence-electron chi connectivity index (χ3n) is 3.44. The van der Waals surface area contributed by atoms with Crippen molar-refractivity contribution in [2.24, 2.45) is 0 Å². The maximum Gasteiger partial charge on any atom is 0.175 e. The molecule has 1 aromatic rings. The van der Waals surface area contributed by atoms with Crippen molar-refractivity contribution in [3.63, 3.8) is 0 Å². The predicted octanol–water partition coefficient (Wildman–Crippen LogP) is 2.69. The standard InChI is InChI=1S/C13H16BrNO2/c1-8-4-10(7-15-8)9-5-11(14)13-12(6-9)16-2-3-17-13/h5-6,8,10,15H,2-4,7H2,1H3. The highest BCUT2D eigenvalue weighted by atomic mass is 79.9. The predicted molar refractivity (Wildman–Crippen MR) is 70.0 cm³/mol. The third-order valence-corrected chi connectivity index (χ3v) is 4.03. The highest BCUT2D eigenvalue weighted by Gasteiger charge is 2.25. The number of hydrogen-bond acceptors (Lipinski definition) is 3. The fourth-order valence-electron chi connectivity index (χ4n) is 2.56. The summed E-state index contributed by atoms with van der Waals surface area (Å²) in [5.41, 5.74) is 1.33. The highest BCUT2D eigenvalue weighted by molar-refractivity contribution is 9.10. The van der Waals surface area contributed by atoms with E-state index < -0.39 is 0 Å². The molecule has 0 amide bonds. The first kappa shape index (κ1) is 11.4. The Morgan fingerprint density at radius 1 is 1.29 bits per heavy atom. The Bertz CT molecular complexity index is 436. The van der Waals surface area contributed by atoms with Gasteiger partial charge in [-0.2, -0.15) is 0 Å². The maximum absolute atomic E-state index is 5.66. The smallest absolute Gasteiger partial charge is 0.175 e. The maximum atomic E-state index is 5.66. The van der Waals surface area contributed by atoms with E-state index in [1.165, 1.54) is 12.0 Å². The third kappa shape index (κ3) is 2.16. The molecule has 1 fully saturated rings. The minimum Gasteiger partial charge on any atom is -0.486 e. The first-order chi connectivity index (χ1) is 8.24. The number of ether oxygens (including phenoxy) is 2. The Morgan fingerprint density at radius 3 is 2.88 bits per heavy atom. The minimum absolute atomic E-state index is 0.581. The van der Waals surface area contributed by atoms with Crippen LogP contribution in [-0.4, -0.2) is 25.8 Å². The van der Waals surface area contributed by atoms with E-state index in [1.807, 2.05) is 0 Å². The van der Waals surface area contributed by atoms with Gasteiger partial charge in [0.2, 0.25) is 0 Å². The van der Waals surface area contributed by atoms with E-state index >= 15 is 0 Å². The molecule has 0 radical (unpaired) electrons. The van der Waals surface area contributed by atoms with Crippen LogP contribution < -0.4 is 14.8 Å². The first-order valence-corrected chi connectivity index (χ1v) is 6.86. The number of nitrogens with one attached hydrogen (secondary N) is 1. The summed E-state index contributed by atoms with van der Waals surface area (Å²) >= 11 is 3.57. The van der Waals surface area contributed by atoms with E-state index in [0.717, 1.165) is 22.5 Å². The molecule has 0 spiro atoms. The van der Waals surface area contributed by atoms with Crippen molar-refractivity contribution in [1.82, 2.24) is 5.32 Å². The molecule has 2 aliphatic heterocycles. The number of fused-ring (bicyclic) bond motifs is 1. The second-order valence-electron chi connectivity index (χ2n) is 4.77. The van der Waals surface area contributed by atoms with Crippen LogP contribution in [0.3, 0.4) is 0 Å². The van der Waals surface area contributed by atoms with Crippen LogP contribution in [0.15, 0.2) is 16.6 Å². The van der Waals surface area contributed by atoms with Gasteiger partial charge in [-0.3, -0.25) is 0 Å². The molecule has 2 heterocycles. The lowest BCUT2D eigenvalue weighted by atomic mass is 9.96. The molecule has 1 aromatic carbocycles. The number of rotatable bonds is 1. The summed E-state index contributed by atoms with van der Waals surface area (Å²) in [5.74, 6) is 2.30. The fourth-order valence-corrected chi connectivity index (χ4v) is 3.13. The van der Waals surface area contributed by atoms with E-state index in [0.29, 0.717) is 25.2 Å². The summed E-state index contributed by atoms with van der Waals surface area (Å²) in [4.78, 5) is 0. The zero-order valence-electron chi connectivity index (χ0n) is 9.83. The SMILES string of the molecule is CC1CC(c2cc(Br)c3c(c2)OCCO3)CN1. The van der Waals surface area contributed by atoms with Crippen molar-refractivity contribution in [3.8, 4) is 11.5 Å². The molecule has 2 unspecified atom stereocenters. The molecule has 1 N–H and O–H groups in total. The van der Waals surface area contributed by atoms with Crippen LogP contribution in [0, 0.1) is 0 Å². The van der Waals surface area contributed by atoms with Gasteiger partial charge in [-0.15, -0.1) is 0 Å². The summed E-state index contributed by atoms with van der Waals surface area (Å²) in [6.45, 7) is 4.55. The fraction of sp³-hybridized carbons (Fsp3) is 0.538. The molecule has 3 rings (SSSR count). The summed E-state index contributed by atoms with van der Waals surface area (Å²) in [6.07, 6.45) is 1.19. The molecule has 3 nitrogen and oxygen atoms in total. The van der Waals surface area contributed by atoms with E-state index in [-0.39, 0.29) is 0 Å². The van der Waals surface area contributed by atoms with Crippen LogP contribution in [0.4, 0.5) is 0 Å². The average molecular weight is 298 g/mol. The Morgan fingerprint density at radius 2 is 2.12 bits per heavy atom. The normalized spacial score (nSPS) is 27.2. The molecule has 0 aliphatic carbocycles. The molecular formula is C13H16BrNO2. The average Bonchev–Trinajstić information content (AvgIpc) is 2.76. The van der Waals surface area contributed by atoms with Gasteiger partial charge in [-0.05, 0) is 52.9 Å². The highest BCUT2D eigenvalue weighted by Crippen LogP contribution is 2.41. The zero-order valence-corrected chi connectivity index (χ0v) is 11.4. The molecular weight excluding hydrogens is 282 g/mol. The monoisotopic (exact) mass is 297 g/mol. The van der Waals surface area contributed by atoms with Gasteiger partial charge in [-0.1, -0.05) is 0 Å². The Hall–Kier alpha value is -0.740. The molecule has 1 saturated heterocycles. The van der Waals surface area contributed by atoms with Gasteiger partial charge in [0.25, 0.3) is 0 Å². The Labute approximate surface area is 110 Å². The van der Waals surface area contributed by atoms with Gasteiger partial charge < -0.3 is 14.8 Å². The van der Waals surface area contributed by atoms with E-state index in [4.69, 9.17) is 9.47 Å². The second kappa shape index (κ2) is 4.50. The van der Waals surface area contributed by atoms with E-state index in [2.05, 4.69) is 40.3 Å². The molecule has 4 heteroatoms. The van der Waals surface area contributed by atoms with Crippen LogP contribution in [0.5, 0.6) is 11.5 Å². The minimum atomic E-state index is 0.581. The Balaban J connectivity index is 1.93. The Kier molecular flexibility index (Phi) is 3.01. The molecule has 0 aromatic heterocycles. The summed E-state index contributed by atoms with van der Waals surface area (Å²) in [6, 6.07) is 4.90. The van der Waals surface area contributed by atoms with E-state index in [9.17, 15) is 0 Å². The van der Waals surface area contributed by atoms with Crippen molar-refractivity contribution in [1.29, 1.82) is 0 Å². The number of benzene rings is 1. The van der Waals surface area contributed by atoms with Crippen molar-refractivity contribution in [2.45, 2.75) is 25.3 Å². The molecule has 2 aliphatic rings. The lowest BCUT2D eigenvalue weighted by Crippen LogP contribution is -2.17. The second-order valence-corrected chi connectivity index (χ2v) is 5.62. The molecule has 0 bridgehead atoms. The van der Waals surface area contributed by atoms with Gasteiger partial charge >= 0.3 is 0 Å². The van der Waals surface area contributed by atoms with Crippen molar-refractivity contribution < 1.29 is 9.47 Å². The lowest BCUT2D eigenvalue weighted by molar-refractivity contribution is 0.170. The van der Waals surface area contributed by atoms with Gasteiger partial charge in [0, 0.05) is 12.6 Å². The summed E-state index contributed by atoms with van der Waals surface area (Å²) in [7, 11) is 0. The van der Waals surface area contributed by atoms with Crippen LogP contribution in [-0.2, 0) is 0 Å². The van der Waals surface area contributed by atoms with Crippen LogP contribution in [0.2, 0.25) is 0 Å². The molecule has 0 saturated carbocycles. The van der Waals surface area contributed by atoms with Crippen molar-refractivity contribution in [3.05, 3.63) is 22.2 Å². The van der Waals surface area contributed by atoms with Gasteiger partial charge in [0.15, 0.2) is 11.5 Å². The molecule has 2 atom stereocenters. The van der Waals surface area contributed by atoms with Crippen LogP contribution in [0.25, 0.3) is 0 Å². The van der Waals surface area contributed by atoms with Gasteiger partial charge in [0.05, 0.1) is 4.47 Å². The summed E-state index contributed by atoms with van der Waals surface area (Å²) < 4.78 is 12.3. The van der Waals surface area contributed by atoms with Gasteiger partial charge in [0.1, 0.15) is 13.2 Å².